The van der Waals surface area contributed by atoms with Crippen molar-refractivity contribution in [3.8, 4) is 0 Å². The van der Waals surface area contributed by atoms with E-state index in [1.165, 1.54) is 19.2 Å². The Labute approximate surface area is 101 Å². The van der Waals surface area contributed by atoms with E-state index in [1.807, 2.05) is 4.72 Å². The van der Waals surface area contributed by atoms with Crippen LogP contribution in [0.4, 0.5) is 5.69 Å². The molecule has 0 amide bonds. The molecule has 16 heavy (non-hydrogen) atoms. The molecular weight excluding hydrogens is 300 g/mol. The Morgan fingerprint density at radius 1 is 1.44 bits per heavy atom. The number of para-hydroxylation sites is 1. The van der Waals surface area contributed by atoms with Gasteiger partial charge < -0.3 is 5.11 Å². The number of rotatable bonds is 4. The first-order chi connectivity index (χ1) is 7.37. The fourth-order valence-corrected chi connectivity index (χ4v) is 2.18. The molecule has 0 aliphatic rings. The van der Waals surface area contributed by atoms with E-state index in [9.17, 15) is 13.2 Å². The van der Waals surface area contributed by atoms with Crippen LogP contribution in [0, 0.1) is 0 Å². The molecule has 3 N–H and O–H groups in total. The molecule has 0 bridgehead atoms. The van der Waals surface area contributed by atoms with Crippen molar-refractivity contribution in [2.45, 2.75) is 0 Å². The first-order valence-corrected chi connectivity index (χ1v) is 6.38. The summed E-state index contributed by atoms with van der Waals surface area (Å²) in [5.41, 5.74) is -0.141. The molecule has 0 aliphatic heterocycles. The van der Waals surface area contributed by atoms with Crippen molar-refractivity contribution in [1.82, 2.24) is 4.72 Å². The maximum Gasteiger partial charge on any atom is 0.337 e. The van der Waals surface area contributed by atoms with Gasteiger partial charge >= 0.3 is 5.97 Å². The minimum absolute atomic E-state index is 0.00986. The van der Waals surface area contributed by atoms with Crippen LogP contribution in [0.2, 0.25) is 0 Å². The first-order valence-electron chi connectivity index (χ1n) is 4.10. The quantitative estimate of drug-likeness (QED) is 0.774. The molecule has 0 fully saturated rings. The summed E-state index contributed by atoms with van der Waals surface area (Å²) >= 11 is 3.08. The van der Waals surface area contributed by atoms with Crippen molar-refractivity contribution >= 4 is 37.8 Å². The Morgan fingerprint density at radius 3 is 2.56 bits per heavy atom. The number of benzene rings is 1. The zero-order chi connectivity index (χ0) is 12.3. The number of hydrogen-bond acceptors (Lipinski definition) is 3. The van der Waals surface area contributed by atoms with Crippen LogP contribution >= 0.6 is 15.9 Å². The van der Waals surface area contributed by atoms with Gasteiger partial charge in [-0.1, -0.05) is 6.07 Å². The van der Waals surface area contributed by atoms with E-state index in [-0.39, 0.29) is 11.3 Å². The summed E-state index contributed by atoms with van der Waals surface area (Å²) in [4.78, 5) is 10.9. The van der Waals surface area contributed by atoms with Crippen LogP contribution in [0.1, 0.15) is 10.4 Å². The van der Waals surface area contributed by atoms with Gasteiger partial charge in [-0.3, -0.25) is 4.72 Å². The number of carboxylic acid groups (broad SMARTS) is 1. The maximum absolute atomic E-state index is 11.3. The summed E-state index contributed by atoms with van der Waals surface area (Å²) < 4.78 is 27.0. The van der Waals surface area contributed by atoms with E-state index in [0.717, 1.165) is 0 Å². The van der Waals surface area contributed by atoms with Crippen LogP contribution in [0.3, 0.4) is 0 Å². The van der Waals surface area contributed by atoms with Crippen LogP contribution in [0.25, 0.3) is 0 Å². The molecule has 6 nitrogen and oxygen atoms in total. The van der Waals surface area contributed by atoms with Crippen molar-refractivity contribution < 1.29 is 18.3 Å². The molecule has 0 unspecified atom stereocenters. The molecule has 0 aromatic heterocycles. The van der Waals surface area contributed by atoms with Crippen molar-refractivity contribution in [2.24, 2.45) is 0 Å². The van der Waals surface area contributed by atoms with Gasteiger partial charge in [0.2, 0.25) is 0 Å². The maximum atomic E-state index is 11.3. The molecule has 0 atom stereocenters. The van der Waals surface area contributed by atoms with E-state index >= 15 is 0 Å². The third kappa shape index (κ3) is 2.94. The monoisotopic (exact) mass is 308 g/mol. The lowest BCUT2D eigenvalue weighted by Crippen LogP contribution is -2.27. The molecule has 88 valence electrons. The highest BCUT2D eigenvalue weighted by Crippen LogP contribution is 2.27. The zero-order valence-electron chi connectivity index (χ0n) is 8.19. The largest absolute Gasteiger partial charge is 0.478 e. The van der Waals surface area contributed by atoms with Crippen molar-refractivity contribution in [3.05, 3.63) is 28.2 Å². The standard InChI is InChI=1S/C8H9BrN2O4S/c1-10-16(14,15)11-7-5(8(12)13)3-2-4-6(7)9/h2-4,10-11H,1H3,(H,12,13). The van der Waals surface area contributed by atoms with Gasteiger partial charge in [0, 0.05) is 11.5 Å². The second-order valence-electron chi connectivity index (χ2n) is 2.78. The van der Waals surface area contributed by atoms with Gasteiger partial charge in [0.1, 0.15) is 0 Å². The van der Waals surface area contributed by atoms with Gasteiger partial charge in [0.25, 0.3) is 10.2 Å². The highest BCUT2D eigenvalue weighted by Gasteiger charge is 2.17. The Hall–Kier alpha value is -1.12. The second kappa shape index (κ2) is 4.81. The van der Waals surface area contributed by atoms with E-state index in [4.69, 9.17) is 5.11 Å². The Balaban J connectivity index is 3.27. The molecule has 1 aromatic rings. The molecule has 0 heterocycles. The first kappa shape index (κ1) is 12.9. The molecule has 0 spiro atoms. The van der Waals surface area contributed by atoms with Gasteiger partial charge in [-0.05, 0) is 28.1 Å². The van der Waals surface area contributed by atoms with E-state index in [2.05, 4.69) is 20.7 Å². The van der Waals surface area contributed by atoms with E-state index in [1.54, 1.807) is 6.07 Å². The van der Waals surface area contributed by atoms with Crippen LogP contribution in [-0.4, -0.2) is 26.5 Å². The second-order valence-corrected chi connectivity index (χ2v) is 5.25. The number of carbonyl (C=O) groups is 1. The lowest BCUT2D eigenvalue weighted by molar-refractivity contribution is 0.0698. The summed E-state index contributed by atoms with van der Waals surface area (Å²) in [6, 6.07) is 4.35. The molecule has 0 radical (unpaired) electrons. The topological polar surface area (TPSA) is 95.5 Å². The minimum Gasteiger partial charge on any atom is -0.478 e. The smallest absolute Gasteiger partial charge is 0.337 e. The van der Waals surface area contributed by atoms with Gasteiger partial charge in [0.05, 0.1) is 11.3 Å². The van der Waals surface area contributed by atoms with Gasteiger partial charge in [0.15, 0.2) is 0 Å². The Bertz CT molecular complexity index is 515. The summed E-state index contributed by atoms with van der Waals surface area (Å²) in [7, 11) is -2.52. The number of carboxylic acids is 1. The number of halogens is 1. The van der Waals surface area contributed by atoms with Crippen LogP contribution < -0.4 is 9.44 Å². The molecule has 8 heteroatoms. The van der Waals surface area contributed by atoms with Crippen molar-refractivity contribution in [2.75, 3.05) is 11.8 Å². The summed E-state index contributed by atoms with van der Waals surface area (Å²) in [5.74, 6) is -1.21. The number of anilines is 1. The average molecular weight is 309 g/mol. The number of aromatic carboxylic acids is 1. The molecule has 0 saturated heterocycles. The lowest BCUT2D eigenvalue weighted by atomic mass is 10.2. The zero-order valence-corrected chi connectivity index (χ0v) is 10.6. The van der Waals surface area contributed by atoms with Gasteiger partial charge in [-0.2, -0.15) is 8.42 Å². The highest BCUT2D eigenvalue weighted by atomic mass is 79.9. The van der Waals surface area contributed by atoms with Crippen molar-refractivity contribution in [1.29, 1.82) is 0 Å². The average Bonchev–Trinajstić information content (AvgIpc) is 2.20. The van der Waals surface area contributed by atoms with Gasteiger partial charge in [-0.15, -0.1) is 0 Å². The lowest BCUT2D eigenvalue weighted by Gasteiger charge is -2.11. The van der Waals surface area contributed by atoms with Crippen LogP contribution in [0.15, 0.2) is 22.7 Å². The third-order valence-corrected chi connectivity index (χ3v) is 3.42. The molecular formula is C8H9BrN2O4S. The SMILES string of the molecule is CNS(=O)(=O)Nc1c(Br)cccc1C(=O)O. The summed E-state index contributed by atoms with van der Waals surface area (Å²) in [6.45, 7) is 0. The summed E-state index contributed by atoms with van der Waals surface area (Å²) in [6.07, 6.45) is 0. The number of nitrogens with one attached hydrogen (secondary N) is 2. The molecule has 1 aromatic carbocycles. The molecule has 1 rings (SSSR count). The van der Waals surface area contributed by atoms with Crippen LogP contribution in [0.5, 0.6) is 0 Å². The predicted octanol–water partition coefficient (Wildman–Crippen LogP) is 1.02. The van der Waals surface area contributed by atoms with Gasteiger partial charge in [-0.25, -0.2) is 9.52 Å². The fourth-order valence-electron chi connectivity index (χ4n) is 0.991. The normalized spacial score (nSPS) is 11.1. The van der Waals surface area contributed by atoms with Crippen LogP contribution in [-0.2, 0) is 10.2 Å². The predicted molar refractivity (Wildman–Crippen MR) is 62.7 cm³/mol. The van der Waals surface area contributed by atoms with Crippen molar-refractivity contribution in [3.63, 3.8) is 0 Å². The van der Waals surface area contributed by atoms with E-state index < -0.39 is 16.2 Å². The third-order valence-electron chi connectivity index (χ3n) is 1.75. The highest BCUT2D eigenvalue weighted by molar-refractivity contribution is 9.10. The number of hydrogen-bond donors (Lipinski definition) is 3. The minimum atomic E-state index is -3.74. The Kier molecular flexibility index (Phi) is 3.89. The fraction of sp³-hybridized carbons (Fsp3) is 0.125. The summed E-state index contributed by atoms with van der Waals surface area (Å²) in [5, 5.41) is 8.88. The molecule has 0 saturated carbocycles. The Morgan fingerprint density at radius 2 is 2.06 bits per heavy atom. The van der Waals surface area contributed by atoms with E-state index in [0.29, 0.717) is 4.47 Å². The molecule has 0 aliphatic carbocycles.